The molecule has 10 heteroatoms. The number of alkyl halides is 6. The molecule has 0 heterocycles. The molecule has 0 bridgehead atoms. The lowest BCUT2D eigenvalue weighted by Gasteiger charge is -2.15. The number of benzene rings is 2. The molecule has 0 aliphatic rings. The Hall–Kier alpha value is -2.62. The van der Waals surface area contributed by atoms with Crippen molar-refractivity contribution in [2.75, 3.05) is 0 Å². The van der Waals surface area contributed by atoms with Crippen molar-refractivity contribution in [3.05, 3.63) is 54.1 Å². The average molecular weight is 367 g/mol. The second-order valence-electron chi connectivity index (χ2n) is 4.59. The highest BCUT2D eigenvalue weighted by Gasteiger charge is 2.32. The van der Waals surface area contributed by atoms with E-state index in [1.165, 1.54) is 12.1 Å². The van der Waals surface area contributed by atoms with Gasteiger partial charge in [0.05, 0.1) is 0 Å². The van der Waals surface area contributed by atoms with Crippen molar-refractivity contribution in [1.82, 2.24) is 0 Å². The monoisotopic (exact) mass is 367 g/mol. The molecular weight excluding hydrogens is 358 g/mol. The van der Waals surface area contributed by atoms with Crippen molar-refractivity contribution in [2.24, 2.45) is 0 Å². The van der Waals surface area contributed by atoms with Crippen LogP contribution in [0.1, 0.15) is 11.9 Å². The summed E-state index contributed by atoms with van der Waals surface area (Å²) in [7, 11) is 0. The molecule has 2 aromatic rings. The number of rotatable bonds is 5. The fraction of sp³-hybridized carbons (Fsp3) is 0.200. The van der Waals surface area contributed by atoms with E-state index in [0.717, 1.165) is 36.4 Å². The Kier molecular flexibility index (Phi) is 5.31. The van der Waals surface area contributed by atoms with Crippen LogP contribution in [0, 0.1) is 0 Å². The maximum Gasteiger partial charge on any atom is 0.573 e. The highest BCUT2D eigenvalue weighted by Crippen LogP contribution is 2.30. The van der Waals surface area contributed by atoms with Gasteiger partial charge in [-0.05, 0) is 24.3 Å². The standard InChI is InChI=1S/C15H9F6O4/c16-14(17,18)24-11-5-1-3-9(7-11)13(22)23-10-4-2-6-12(8-10)25-15(19,20)21/h1-8,13H. The van der Waals surface area contributed by atoms with Crippen LogP contribution < -0.4 is 14.2 Å². The van der Waals surface area contributed by atoms with Crippen LogP contribution in [0.25, 0.3) is 0 Å². The molecule has 1 unspecified atom stereocenters. The molecule has 1 radical (unpaired) electrons. The first kappa shape index (κ1) is 18.7. The molecule has 0 saturated heterocycles. The largest absolute Gasteiger partial charge is 0.573 e. The van der Waals surface area contributed by atoms with Gasteiger partial charge in [-0.1, -0.05) is 18.2 Å². The van der Waals surface area contributed by atoms with Crippen LogP contribution >= 0.6 is 0 Å². The second-order valence-corrected chi connectivity index (χ2v) is 4.59. The Labute approximate surface area is 137 Å². The Morgan fingerprint density at radius 1 is 0.720 bits per heavy atom. The molecule has 0 aromatic heterocycles. The molecule has 0 fully saturated rings. The first-order chi connectivity index (χ1) is 11.5. The summed E-state index contributed by atoms with van der Waals surface area (Å²) >= 11 is 0. The van der Waals surface area contributed by atoms with Gasteiger partial charge < -0.3 is 14.2 Å². The number of hydrogen-bond donors (Lipinski definition) is 0. The lowest BCUT2D eigenvalue weighted by atomic mass is 10.2. The fourth-order valence-electron chi connectivity index (χ4n) is 1.79. The predicted molar refractivity (Wildman–Crippen MR) is 70.3 cm³/mol. The molecule has 2 rings (SSSR count). The molecule has 4 nitrogen and oxygen atoms in total. The van der Waals surface area contributed by atoms with Crippen LogP contribution in [0.3, 0.4) is 0 Å². The molecule has 25 heavy (non-hydrogen) atoms. The van der Waals surface area contributed by atoms with Crippen molar-refractivity contribution in [3.63, 3.8) is 0 Å². The first-order valence-corrected chi connectivity index (χ1v) is 6.56. The van der Waals surface area contributed by atoms with Crippen LogP contribution in [0.5, 0.6) is 17.2 Å². The zero-order valence-electron chi connectivity index (χ0n) is 12.1. The molecule has 135 valence electrons. The quantitative estimate of drug-likeness (QED) is 0.552. The van der Waals surface area contributed by atoms with Gasteiger partial charge in [-0.2, -0.15) is 5.11 Å². The second kappa shape index (κ2) is 7.09. The number of ether oxygens (including phenoxy) is 3. The van der Waals surface area contributed by atoms with Crippen LogP contribution in [-0.4, -0.2) is 12.7 Å². The number of hydrogen-bond acceptors (Lipinski definition) is 3. The van der Waals surface area contributed by atoms with Gasteiger partial charge in [-0.15, -0.1) is 26.3 Å². The van der Waals surface area contributed by atoms with Gasteiger partial charge in [-0.3, -0.25) is 0 Å². The summed E-state index contributed by atoms with van der Waals surface area (Å²) in [5.41, 5.74) is -0.205. The van der Waals surface area contributed by atoms with Gasteiger partial charge in [0, 0.05) is 11.6 Å². The van der Waals surface area contributed by atoms with Crippen molar-refractivity contribution < 1.29 is 45.7 Å². The molecule has 0 N–H and O–H groups in total. The minimum atomic E-state index is -4.93. The summed E-state index contributed by atoms with van der Waals surface area (Å²) in [4.78, 5) is 0. The maximum absolute atomic E-state index is 12.2. The van der Waals surface area contributed by atoms with E-state index in [2.05, 4.69) is 9.47 Å². The molecule has 1 atom stereocenters. The number of halogens is 6. The molecule has 0 aliphatic heterocycles. The third-order valence-electron chi connectivity index (χ3n) is 2.65. The third-order valence-corrected chi connectivity index (χ3v) is 2.65. The van der Waals surface area contributed by atoms with Crippen LogP contribution in [-0.2, 0) is 5.11 Å². The van der Waals surface area contributed by atoms with Gasteiger partial charge in [0.2, 0.25) is 0 Å². The van der Waals surface area contributed by atoms with E-state index in [1.807, 2.05) is 0 Å². The van der Waals surface area contributed by atoms with Crippen molar-refractivity contribution in [1.29, 1.82) is 0 Å². The molecule has 0 aliphatic carbocycles. The Morgan fingerprint density at radius 2 is 1.20 bits per heavy atom. The van der Waals surface area contributed by atoms with E-state index in [4.69, 9.17) is 4.74 Å². The van der Waals surface area contributed by atoms with Crippen molar-refractivity contribution in [2.45, 2.75) is 19.0 Å². The summed E-state index contributed by atoms with van der Waals surface area (Å²) < 4.78 is 85.2. The van der Waals surface area contributed by atoms with E-state index in [9.17, 15) is 31.4 Å². The first-order valence-electron chi connectivity index (χ1n) is 6.56. The fourth-order valence-corrected chi connectivity index (χ4v) is 1.79. The van der Waals surface area contributed by atoms with Gasteiger partial charge in [0.25, 0.3) is 6.29 Å². The molecule has 0 saturated carbocycles. The molecule has 2 aromatic carbocycles. The minimum absolute atomic E-state index is 0.205. The average Bonchev–Trinajstić information content (AvgIpc) is 2.44. The van der Waals surface area contributed by atoms with E-state index in [1.54, 1.807) is 0 Å². The molecule has 0 amide bonds. The summed E-state index contributed by atoms with van der Waals surface area (Å²) in [6.07, 6.45) is -11.8. The zero-order chi connectivity index (χ0) is 18.7. The predicted octanol–water partition coefficient (Wildman–Crippen LogP) is 4.99. The normalized spacial score (nSPS) is 13.2. The highest BCUT2D eigenvalue weighted by atomic mass is 19.4. The Bertz CT molecular complexity index is 714. The van der Waals surface area contributed by atoms with Crippen LogP contribution in [0.4, 0.5) is 26.3 Å². The van der Waals surface area contributed by atoms with Gasteiger partial charge in [0.15, 0.2) is 0 Å². The van der Waals surface area contributed by atoms with Crippen molar-refractivity contribution in [3.8, 4) is 17.2 Å². The van der Waals surface area contributed by atoms with E-state index >= 15 is 0 Å². The smallest absolute Gasteiger partial charge is 0.458 e. The molecular formula is C15H9F6O4. The lowest BCUT2D eigenvalue weighted by Crippen LogP contribution is -2.17. The topological polar surface area (TPSA) is 47.6 Å². The van der Waals surface area contributed by atoms with Crippen LogP contribution in [0.2, 0.25) is 0 Å². The summed E-state index contributed by atoms with van der Waals surface area (Å²) in [5.74, 6) is -1.47. The lowest BCUT2D eigenvalue weighted by molar-refractivity contribution is -0.275. The van der Waals surface area contributed by atoms with Crippen molar-refractivity contribution >= 4 is 0 Å². The SMILES string of the molecule is [O]C(Oc1cccc(OC(F)(F)F)c1)c1cccc(OC(F)(F)F)c1. The van der Waals surface area contributed by atoms with Crippen LogP contribution in [0.15, 0.2) is 48.5 Å². The van der Waals surface area contributed by atoms with E-state index in [-0.39, 0.29) is 11.3 Å². The Morgan fingerprint density at radius 3 is 1.76 bits per heavy atom. The van der Waals surface area contributed by atoms with Gasteiger partial charge >= 0.3 is 12.7 Å². The minimum Gasteiger partial charge on any atom is -0.458 e. The van der Waals surface area contributed by atoms with E-state index < -0.39 is 30.5 Å². The summed E-state index contributed by atoms with van der Waals surface area (Å²) in [6.45, 7) is 0. The van der Waals surface area contributed by atoms with E-state index in [0.29, 0.717) is 0 Å². The summed E-state index contributed by atoms with van der Waals surface area (Å²) in [5, 5.41) is 12.0. The zero-order valence-corrected chi connectivity index (χ0v) is 12.1. The maximum atomic E-state index is 12.2. The Balaban J connectivity index is 2.10. The molecule has 0 spiro atoms. The van der Waals surface area contributed by atoms with Gasteiger partial charge in [0.1, 0.15) is 17.2 Å². The third kappa shape index (κ3) is 6.42. The van der Waals surface area contributed by atoms with Gasteiger partial charge in [-0.25, -0.2) is 0 Å². The highest BCUT2D eigenvalue weighted by molar-refractivity contribution is 5.34. The summed E-state index contributed by atoms with van der Waals surface area (Å²) in [6, 6.07) is 8.33.